The summed E-state index contributed by atoms with van der Waals surface area (Å²) < 4.78 is 20.9. The maximum atomic E-state index is 13.4. The molecule has 0 spiro atoms. The van der Waals surface area contributed by atoms with Crippen molar-refractivity contribution in [3.63, 3.8) is 0 Å². The summed E-state index contributed by atoms with van der Waals surface area (Å²) in [6, 6.07) is 7.73. The van der Waals surface area contributed by atoms with Crippen LogP contribution in [0, 0.1) is 5.82 Å². The second-order valence-corrected chi connectivity index (χ2v) is 7.21. The Morgan fingerprint density at radius 3 is 2.74 bits per heavy atom. The Bertz CT molecular complexity index is 1100. The highest BCUT2D eigenvalue weighted by Crippen LogP contribution is 2.38. The zero-order chi connectivity index (χ0) is 19.3. The molecule has 6 nitrogen and oxygen atoms in total. The number of fused-ring (bicyclic) bond motifs is 1. The van der Waals surface area contributed by atoms with Crippen molar-refractivity contribution in [1.29, 1.82) is 0 Å². The summed E-state index contributed by atoms with van der Waals surface area (Å²) in [5.41, 5.74) is 0.828. The van der Waals surface area contributed by atoms with E-state index in [1.807, 2.05) is 13.8 Å². The van der Waals surface area contributed by atoms with Crippen LogP contribution in [-0.2, 0) is 4.79 Å². The maximum absolute atomic E-state index is 13.4. The molecule has 1 amide bonds. The predicted molar refractivity (Wildman–Crippen MR) is 99.6 cm³/mol. The number of anilines is 1. The summed E-state index contributed by atoms with van der Waals surface area (Å²) in [6.07, 6.45) is 0.106. The van der Waals surface area contributed by atoms with Crippen molar-refractivity contribution in [3.05, 3.63) is 62.8 Å². The summed E-state index contributed by atoms with van der Waals surface area (Å²) in [4.78, 5) is 24.7. The van der Waals surface area contributed by atoms with E-state index in [1.165, 1.54) is 12.1 Å². The number of amides is 1. The highest BCUT2D eigenvalue weighted by atomic mass is 35.5. The number of carbonyl (C=O) groups excluding carboxylic acids is 1. The smallest absolute Gasteiger partial charge is 0.270 e. The number of halogens is 2. The lowest BCUT2D eigenvalue weighted by atomic mass is 9.92. The lowest BCUT2D eigenvalue weighted by Gasteiger charge is -2.22. The summed E-state index contributed by atoms with van der Waals surface area (Å²) in [7, 11) is 0. The highest BCUT2D eigenvalue weighted by Gasteiger charge is 2.34. The molecule has 0 saturated carbocycles. The van der Waals surface area contributed by atoms with Gasteiger partial charge < -0.3 is 9.73 Å². The fraction of sp³-hybridized carbons (Fsp3) is 0.263. The summed E-state index contributed by atoms with van der Waals surface area (Å²) >= 11 is 5.84. The number of H-pyrrole nitrogens is 1. The monoisotopic (exact) mass is 389 g/mol. The van der Waals surface area contributed by atoms with E-state index >= 15 is 0 Å². The summed E-state index contributed by atoms with van der Waals surface area (Å²) in [5.74, 6) is 0.250. The number of rotatable bonds is 3. The minimum absolute atomic E-state index is 0.00441. The number of benzene rings is 1. The molecule has 0 bridgehead atoms. The van der Waals surface area contributed by atoms with Crippen molar-refractivity contribution >= 4 is 23.3 Å². The van der Waals surface area contributed by atoms with Crippen LogP contribution in [0.1, 0.15) is 43.6 Å². The maximum Gasteiger partial charge on any atom is 0.270 e. The van der Waals surface area contributed by atoms with Crippen molar-refractivity contribution in [1.82, 2.24) is 9.78 Å². The molecule has 140 valence electrons. The first kappa shape index (κ1) is 17.6. The third-order valence-electron chi connectivity index (χ3n) is 4.65. The van der Waals surface area contributed by atoms with E-state index in [1.54, 1.807) is 22.9 Å². The molecule has 3 heterocycles. The Kier molecular flexibility index (Phi) is 4.19. The molecule has 8 heteroatoms. The largest absolute Gasteiger partial charge is 0.460 e. The number of hydrogen-bond donors (Lipinski definition) is 2. The van der Waals surface area contributed by atoms with Crippen LogP contribution < -0.4 is 10.9 Å². The molecular formula is C19H17ClFN3O3. The van der Waals surface area contributed by atoms with Gasteiger partial charge in [-0.2, -0.15) is 0 Å². The molecule has 1 unspecified atom stereocenters. The number of aromatic amines is 1. The highest BCUT2D eigenvalue weighted by molar-refractivity contribution is 6.31. The first-order chi connectivity index (χ1) is 12.8. The molecular weight excluding hydrogens is 373 g/mol. The lowest BCUT2D eigenvalue weighted by molar-refractivity contribution is -0.116. The van der Waals surface area contributed by atoms with E-state index in [2.05, 4.69) is 10.4 Å². The van der Waals surface area contributed by atoms with E-state index in [0.29, 0.717) is 28.5 Å². The van der Waals surface area contributed by atoms with Gasteiger partial charge in [0.15, 0.2) is 0 Å². The van der Waals surface area contributed by atoms with Gasteiger partial charge >= 0.3 is 0 Å². The molecule has 2 N–H and O–H groups in total. The molecule has 1 aliphatic heterocycles. The lowest BCUT2D eigenvalue weighted by Crippen LogP contribution is -2.27. The molecule has 4 rings (SSSR count). The van der Waals surface area contributed by atoms with Gasteiger partial charge in [0.05, 0.1) is 16.5 Å². The Morgan fingerprint density at radius 1 is 1.26 bits per heavy atom. The average molecular weight is 390 g/mol. The predicted octanol–water partition coefficient (Wildman–Crippen LogP) is 4.28. The van der Waals surface area contributed by atoms with Gasteiger partial charge in [-0.05, 0) is 44.2 Å². The van der Waals surface area contributed by atoms with Crippen molar-refractivity contribution < 1.29 is 13.6 Å². The topological polar surface area (TPSA) is 80.0 Å². The molecule has 1 aromatic carbocycles. The third-order valence-corrected chi connectivity index (χ3v) is 4.94. The molecule has 1 aliphatic rings. The van der Waals surface area contributed by atoms with E-state index in [-0.39, 0.29) is 29.0 Å². The molecule has 0 aliphatic carbocycles. The second kappa shape index (κ2) is 6.42. The van der Waals surface area contributed by atoms with Crippen molar-refractivity contribution in [2.75, 3.05) is 5.32 Å². The standard InChI is InChI=1S/C19H17ClFN3O3/c1-9(2)24-18-17(19(26)23-24)11(8-16(25)22-18)15-6-5-14(27-15)10-3-4-13(21)12(20)7-10/h3-7,9,11H,8H2,1-2H3,(H,22,25)(H,23,26). The van der Waals surface area contributed by atoms with Crippen LogP contribution in [-0.4, -0.2) is 15.7 Å². The van der Waals surface area contributed by atoms with Crippen LogP contribution in [0.15, 0.2) is 39.5 Å². The van der Waals surface area contributed by atoms with E-state index in [0.717, 1.165) is 0 Å². The van der Waals surface area contributed by atoms with Crippen molar-refractivity contribution in [3.8, 4) is 11.3 Å². The van der Waals surface area contributed by atoms with Crippen LogP contribution in [0.4, 0.5) is 10.2 Å². The molecule has 3 aromatic rings. The van der Waals surface area contributed by atoms with E-state index < -0.39 is 11.7 Å². The fourth-order valence-electron chi connectivity index (χ4n) is 3.36. The SMILES string of the molecule is CC(C)n1[nH]c(=O)c2c1NC(=O)CC2c1ccc(-c2ccc(F)c(Cl)c2)o1. The van der Waals surface area contributed by atoms with Crippen molar-refractivity contribution in [2.45, 2.75) is 32.2 Å². The Morgan fingerprint density at radius 2 is 2.04 bits per heavy atom. The summed E-state index contributed by atoms with van der Waals surface area (Å²) in [5, 5.41) is 5.54. The van der Waals surface area contributed by atoms with Crippen LogP contribution in [0.3, 0.4) is 0 Å². The Labute approximate surface area is 158 Å². The van der Waals surface area contributed by atoms with Gasteiger partial charge in [-0.15, -0.1) is 0 Å². The van der Waals surface area contributed by atoms with E-state index in [9.17, 15) is 14.0 Å². The first-order valence-corrected chi connectivity index (χ1v) is 8.92. The van der Waals surface area contributed by atoms with Gasteiger partial charge in [-0.25, -0.2) is 4.39 Å². The normalized spacial score (nSPS) is 16.5. The fourth-order valence-corrected chi connectivity index (χ4v) is 3.54. The van der Waals surface area contributed by atoms with Gasteiger partial charge in [-0.1, -0.05) is 11.6 Å². The third kappa shape index (κ3) is 2.98. The average Bonchev–Trinajstić information content (AvgIpc) is 3.22. The molecule has 27 heavy (non-hydrogen) atoms. The zero-order valence-corrected chi connectivity index (χ0v) is 15.4. The molecule has 1 atom stereocenters. The molecule has 0 radical (unpaired) electrons. The minimum atomic E-state index is -0.512. The van der Waals surface area contributed by atoms with Crippen molar-refractivity contribution in [2.24, 2.45) is 0 Å². The first-order valence-electron chi connectivity index (χ1n) is 8.54. The van der Waals surface area contributed by atoms with Gasteiger partial charge in [0.25, 0.3) is 5.56 Å². The van der Waals surface area contributed by atoms with Crippen LogP contribution >= 0.6 is 11.6 Å². The number of nitrogens with one attached hydrogen (secondary N) is 2. The Balaban J connectivity index is 1.77. The van der Waals surface area contributed by atoms with Gasteiger partial charge in [0.1, 0.15) is 23.2 Å². The number of aromatic nitrogens is 2. The molecule has 0 saturated heterocycles. The number of furan rings is 1. The second-order valence-electron chi connectivity index (χ2n) is 6.80. The van der Waals surface area contributed by atoms with Crippen LogP contribution in [0.5, 0.6) is 0 Å². The number of carbonyl (C=O) groups is 1. The van der Waals surface area contributed by atoms with Crippen LogP contribution in [0.25, 0.3) is 11.3 Å². The van der Waals surface area contributed by atoms with Gasteiger partial charge in [0, 0.05) is 18.0 Å². The van der Waals surface area contributed by atoms with Gasteiger partial charge in [0.2, 0.25) is 5.91 Å². The number of hydrogen-bond acceptors (Lipinski definition) is 3. The van der Waals surface area contributed by atoms with Gasteiger partial charge in [-0.3, -0.25) is 19.4 Å². The minimum Gasteiger partial charge on any atom is -0.460 e. The molecule has 0 fully saturated rings. The Hall–Kier alpha value is -2.80. The number of nitrogens with zero attached hydrogens (tertiary/aromatic N) is 1. The quantitative estimate of drug-likeness (QED) is 0.701. The zero-order valence-electron chi connectivity index (χ0n) is 14.7. The molecule has 2 aromatic heterocycles. The van der Waals surface area contributed by atoms with Crippen LogP contribution in [0.2, 0.25) is 5.02 Å². The summed E-state index contributed by atoms with van der Waals surface area (Å²) in [6.45, 7) is 3.82. The van der Waals surface area contributed by atoms with E-state index in [4.69, 9.17) is 16.0 Å².